The van der Waals surface area contributed by atoms with Crippen molar-refractivity contribution in [3.8, 4) is 0 Å². The van der Waals surface area contributed by atoms with E-state index in [-0.39, 0.29) is 5.78 Å². The molecule has 1 aromatic carbocycles. The predicted molar refractivity (Wildman–Crippen MR) is 86.7 cm³/mol. The fourth-order valence-corrected chi connectivity index (χ4v) is 3.53. The number of carbonyl (C=O) groups excluding carboxylic acids is 2. The SMILES string of the molecule is Cc1ccc(C(=O)O[C@H](C)C(=O)c2ccc3c(c2)CCC3)s1. The molecule has 0 aliphatic heterocycles. The van der Waals surface area contributed by atoms with Crippen molar-refractivity contribution in [3.05, 3.63) is 56.8 Å². The first kappa shape index (κ1) is 15.0. The van der Waals surface area contributed by atoms with Gasteiger partial charge in [-0.3, -0.25) is 4.79 Å². The first-order valence-corrected chi connectivity index (χ1v) is 8.29. The molecule has 0 saturated heterocycles. The molecule has 1 aromatic heterocycles. The first-order chi connectivity index (χ1) is 10.5. The van der Waals surface area contributed by atoms with Gasteiger partial charge in [-0.2, -0.15) is 0 Å². The molecule has 22 heavy (non-hydrogen) atoms. The van der Waals surface area contributed by atoms with Gasteiger partial charge in [0.25, 0.3) is 0 Å². The summed E-state index contributed by atoms with van der Waals surface area (Å²) < 4.78 is 5.31. The van der Waals surface area contributed by atoms with E-state index < -0.39 is 12.1 Å². The summed E-state index contributed by atoms with van der Waals surface area (Å²) in [4.78, 5) is 26.0. The zero-order valence-corrected chi connectivity index (χ0v) is 13.5. The average molecular weight is 314 g/mol. The topological polar surface area (TPSA) is 43.4 Å². The Balaban J connectivity index is 1.70. The lowest BCUT2D eigenvalue weighted by Gasteiger charge is -2.12. The van der Waals surface area contributed by atoms with E-state index in [9.17, 15) is 9.59 Å². The van der Waals surface area contributed by atoms with Crippen LogP contribution in [0.3, 0.4) is 0 Å². The Labute approximate surface area is 133 Å². The van der Waals surface area contributed by atoms with Crippen LogP contribution in [0, 0.1) is 6.92 Å². The normalized spacial score (nSPS) is 14.5. The summed E-state index contributed by atoms with van der Waals surface area (Å²) in [5.74, 6) is -0.573. The lowest BCUT2D eigenvalue weighted by Crippen LogP contribution is -2.24. The molecule has 1 heterocycles. The van der Waals surface area contributed by atoms with Crippen LogP contribution in [0.5, 0.6) is 0 Å². The number of esters is 1. The zero-order chi connectivity index (χ0) is 15.7. The number of benzene rings is 1. The summed E-state index contributed by atoms with van der Waals surface area (Å²) in [6.07, 6.45) is 2.50. The van der Waals surface area contributed by atoms with Crippen LogP contribution >= 0.6 is 11.3 Å². The molecule has 0 saturated carbocycles. The van der Waals surface area contributed by atoms with Crippen LogP contribution in [0.25, 0.3) is 0 Å². The van der Waals surface area contributed by atoms with Gasteiger partial charge in [-0.15, -0.1) is 11.3 Å². The Kier molecular flexibility index (Phi) is 4.12. The Morgan fingerprint density at radius 1 is 1.14 bits per heavy atom. The standard InChI is InChI=1S/C18H18O3S/c1-11-6-9-16(22-11)18(20)21-12(2)17(19)15-8-7-13-4-3-5-14(13)10-15/h6-10,12H,3-5H2,1-2H3/t12-/m1/s1. The second-order valence-corrected chi connectivity index (χ2v) is 6.95. The molecule has 1 aliphatic carbocycles. The zero-order valence-electron chi connectivity index (χ0n) is 12.7. The predicted octanol–water partition coefficient (Wildman–Crippen LogP) is 3.97. The lowest BCUT2D eigenvalue weighted by molar-refractivity contribution is 0.0323. The third kappa shape index (κ3) is 2.97. The van der Waals surface area contributed by atoms with Crippen molar-refractivity contribution >= 4 is 23.1 Å². The molecule has 4 heteroatoms. The second-order valence-electron chi connectivity index (χ2n) is 5.66. The largest absolute Gasteiger partial charge is 0.450 e. The fraction of sp³-hybridized carbons (Fsp3) is 0.333. The van der Waals surface area contributed by atoms with E-state index in [2.05, 4.69) is 0 Å². The first-order valence-electron chi connectivity index (χ1n) is 7.48. The summed E-state index contributed by atoms with van der Waals surface area (Å²) in [5.41, 5.74) is 3.21. The van der Waals surface area contributed by atoms with E-state index >= 15 is 0 Å². The summed E-state index contributed by atoms with van der Waals surface area (Å²) in [6, 6.07) is 9.41. The Morgan fingerprint density at radius 2 is 1.91 bits per heavy atom. The molecule has 114 valence electrons. The van der Waals surface area contributed by atoms with Gasteiger partial charge in [0, 0.05) is 10.4 Å². The molecule has 0 fully saturated rings. The van der Waals surface area contributed by atoms with E-state index in [0.717, 1.165) is 24.1 Å². The highest BCUT2D eigenvalue weighted by molar-refractivity contribution is 7.13. The molecule has 1 aliphatic rings. The second kappa shape index (κ2) is 6.05. The van der Waals surface area contributed by atoms with Crippen molar-refractivity contribution in [1.29, 1.82) is 0 Å². The fourth-order valence-electron chi connectivity index (χ4n) is 2.78. The number of Topliss-reactive ketones (excluding diaryl/α,β-unsaturated/α-hetero) is 1. The molecule has 0 spiro atoms. The number of rotatable bonds is 4. The molecule has 0 unspecified atom stereocenters. The Morgan fingerprint density at radius 3 is 2.64 bits per heavy atom. The van der Waals surface area contributed by atoms with Crippen molar-refractivity contribution in [2.45, 2.75) is 39.2 Å². The van der Waals surface area contributed by atoms with Crippen molar-refractivity contribution in [3.63, 3.8) is 0 Å². The average Bonchev–Trinajstić information content (AvgIpc) is 3.13. The van der Waals surface area contributed by atoms with Crippen LogP contribution in [0.1, 0.15) is 49.4 Å². The van der Waals surface area contributed by atoms with E-state index in [0.29, 0.717) is 10.4 Å². The maximum atomic E-state index is 12.4. The van der Waals surface area contributed by atoms with Gasteiger partial charge in [0.15, 0.2) is 6.10 Å². The highest BCUT2D eigenvalue weighted by Gasteiger charge is 2.22. The third-order valence-corrected chi connectivity index (χ3v) is 4.96. The minimum atomic E-state index is -0.769. The molecule has 1 atom stereocenters. The Bertz CT molecular complexity index is 730. The molecule has 0 N–H and O–H groups in total. The summed E-state index contributed by atoms with van der Waals surface area (Å²) in [5, 5.41) is 0. The van der Waals surface area contributed by atoms with Crippen LogP contribution in [-0.4, -0.2) is 17.9 Å². The van der Waals surface area contributed by atoms with Crippen molar-refractivity contribution in [2.75, 3.05) is 0 Å². The summed E-state index contributed by atoms with van der Waals surface area (Å²) >= 11 is 1.38. The molecular weight excluding hydrogens is 296 g/mol. The van der Waals surface area contributed by atoms with Crippen molar-refractivity contribution in [2.24, 2.45) is 0 Å². The smallest absolute Gasteiger partial charge is 0.349 e. The molecular formula is C18H18O3S. The quantitative estimate of drug-likeness (QED) is 0.633. The molecule has 0 amide bonds. The highest BCUT2D eigenvalue weighted by Crippen LogP contribution is 2.24. The maximum absolute atomic E-state index is 12.4. The lowest BCUT2D eigenvalue weighted by atomic mass is 10.0. The van der Waals surface area contributed by atoms with Gasteiger partial charge >= 0.3 is 5.97 Å². The van der Waals surface area contributed by atoms with Crippen LogP contribution < -0.4 is 0 Å². The maximum Gasteiger partial charge on any atom is 0.349 e. The van der Waals surface area contributed by atoms with Gasteiger partial charge in [-0.25, -0.2) is 4.79 Å². The van der Waals surface area contributed by atoms with Gasteiger partial charge in [-0.05, 0) is 62.4 Å². The van der Waals surface area contributed by atoms with Crippen molar-refractivity contribution < 1.29 is 14.3 Å². The minimum absolute atomic E-state index is 0.142. The molecule has 2 aromatic rings. The van der Waals surface area contributed by atoms with Crippen LogP contribution in [0.15, 0.2) is 30.3 Å². The third-order valence-electron chi connectivity index (χ3n) is 3.98. The van der Waals surface area contributed by atoms with Gasteiger partial charge in [-0.1, -0.05) is 12.1 Å². The number of aryl methyl sites for hydroxylation is 3. The van der Waals surface area contributed by atoms with Gasteiger partial charge in [0.05, 0.1) is 0 Å². The number of hydrogen-bond acceptors (Lipinski definition) is 4. The van der Waals surface area contributed by atoms with Crippen LogP contribution in [0.2, 0.25) is 0 Å². The highest BCUT2D eigenvalue weighted by atomic mass is 32.1. The number of thiophene rings is 1. The van der Waals surface area contributed by atoms with Crippen molar-refractivity contribution in [1.82, 2.24) is 0 Å². The van der Waals surface area contributed by atoms with Crippen LogP contribution in [-0.2, 0) is 17.6 Å². The van der Waals surface area contributed by atoms with Gasteiger partial charge in [0.1, 0.15) is 4.88 Å². The molecule has 0 radical (unpaired) electrons. The minimum Gasteiger partial charge on any atom is -0.450 e. The monoisotopic (exact) mass is 314 g/mol. The summed E-state index contributed by atoms with van der Waals surface area (Å²) in [7, 11) is 0. The van der Waals surface area contributed by atoms with E-state index in [1.807, 2.05) is 31.2 Å². The summed E-state index contributed by atoms with van der Waals surface area (Å²) in [6.45, 7) is 3.56. The molecule has 0 bridgehead atoms. The number of hydrogen-bond donors (Lipinski definition) is 0. The molecule has 3 rings (SSSR count). The number of fused-ring (bicyclic) bond motifs is 1. The van der Waals surface area contributed by atoms with Gasteiger partial charge in [0.2, 0.25) is 5.78 Å². The van der Waals surface area contributed by atoms with E-state index in [1.165, 1.54) is 22.5 Å². The number of ether oxygens (including phenoxy) is 1. The molecule has 3 nitrogen and oxygen atoms in total. The van der Waals surface area contributed by atoms with E-state index in [4.69, 9.17) is 4.74 Å². The van der Waals surface area contributed by atoms with Gasteiger partial charge < -0.3 is 4.74 Å². The number of ketones is 1. The number of carbonyl (C=O) groups is 2. The van der Waals surface area contributed by atoms with E-state index in [1.54, 1.807) is 13.0 Å². The van der Waals surface area contributed by atoms with Crippen LogP contribution in [0.4, 0.5) is 0 Å². The Hall–Kier alpha value is -1.94.